The minimum absolute atomic E-state index is 0.200. The van der Waals surface area contributed by atoms with Crippen molar-refractivity contribution in [3.63, 3.8) is 0 Å². The lowest BCUT2D eigenvalue weighted by Crippen LogP contribution is -2.34. The van der Waals surface area contributed by atoms with Crippen molar-refractivity contribution in [2.24, 2.45) is 0 Å². The van der Waals surface area contributed by atoms with Crippen LogP contribution in [0.2, 0.25) is 5.02 Å². The molecule has 2 rings (SSSR count). The largest absolute Gasteiger partial charge is 0.491 e. The second-order valence-electron chi connectivity index (χ2n) is 5.12. The molecule has 6 heteroatoms. The van der Waals surface area contributed by atoms with Gasteiger partial charge in [0.25, 0.3) is 5.91 Å². The zero-order chi connectivity index (χ0) is 17.4. The maximum Gasteiger partial charge on any atom is 0.257 e. The maximum absolute atomic E-state index is 12.2. The van der Waals surface area contributed by atoms with Gasteiger partial charge in [-0.25, -0.2) is 0 Å². The van der Waals surface area contributed by atoms with E-state index in [-0.39, 0.29) is 11.0 Å². The minimum Gasteiger partial charge on any atom is -0.491 e. The van der Waals surface area contributed by atoms with Crippen LogP contribution in [0.4, 0.5) is 5.69 Å². The molecule has 2 N–H and O–H groups in total. The van der Waals surface area contributed by atoms with Gasteiger partial charge >= 0.3 is 0 Å². The van der Waals surface area contributed by atoms with Gasteiger partial charge in [0.05, 0.1) is 12.3 Å². The number of hydrogen-bond acceptors (Lipinski definition) is 3. The summed E-state index contributed by atoms with van der Waals surface area (Å²) in [5, 5.41) is 6.32. The van der Waals surface area contributed by atoms with Gasteiger partial charge in [-0.05, 0) is 49.0 Å². The molecule has 0 spiro atoms. The molecular formula is C18H19ClN2O2S. The van der Waals surface area contributed by atoms with E-state index in [0.29, 0.717) is 28.6 Å². The zero-order valence-corrected chi connectivity index (χ0v) is 14.9. The Morgan fingerprint density at radius 2 is 2.00 bits per heavy atom. The lowest BCUT2D eigenvalue weighted by atomic mass is 10.2. The summed E-state index contributed by atoms with van der Waals surface area (Å²) in [5.74, 6) is 0.379. The third-order valence-electron chi connectivity index (χ3n) is 3.20. The Morgan fingerprint density at radius 1 is 1.21 bits per heavy atom. The van der Waals surface area contributed by atoms with Crippen molar-refractivity contribution >= 4 is 40.5 Å². The van der Waals surface area contributed by atoms with E-state index in [0.717, 1.165) is 12.8 Å². The van der Waals surface area contributed by atoms with Crippen LogP contribution in [-0.2, 0) is 0 Å². The van der Waals surface area contributed by atoms with E-state index in [1.54, 1.807) is 24.3 Å². The highest BCUT2D eigenvalue weighted by molar-refractivity contribution is 7.80. The molecule has 126 valence electrons. The minimum atomic E-state index is -0.320. The summed E-state index contributed by atoms with van der Waals surface area (Å²) in [6.07, 6.45) is 2.04. The zero-order valence-electron chi connectivity index (χ0n) is 13.3. The number of anilines is 1. The standard InChI is InChI=1S/C18H19ClN2O2S/c1-2-3-11-23-16-10-5-4-9-15(16)20-18(24)21-17(22)13-7-6-8-14(19)12-13/h4-10,12H,2-3,11H2,1H3,(H2,20,21,22,24). The molecule has 4 nitrogen and oxygen atoms in total. The average Bonchev–Trinajstić information content (AvgIpc) is 2.56. The predicted octanol–water partition coefficient (Wildman–Crippen LogP) is 4.65. The van der Waals surface area contributed by atoms with E-state index < -0.39 is 0 Å². The van der Waals surface area contributed by atoms with Gasteiger partial charge in [0.2, 0.25) is 0 Å². The van der Waals surface area contributed by atoms with Crippen LogP contribution in [0.5, 0.6) is 5.75 Å². The third-order valence-corrected chi connectivity index (χ3v) is 3.64. The van der Waals surface area contributed by atoms with Crippen LogP contribution in [0.1, 0.15) is 30.1 Å². The van der Waals surface area contributed by atoms with Crippen molar-refractivity contribution in [1.29, 1.82) is 0 Å². The summed E-state index contributed by atoms with van der Waals surface area (Å²) in [6, 6.07) is 14.1. The molecule has 1 amide bonds. The Bertz CT molecular complexity index is 722. The number of thiocarbonyl (C=S) groups is 1. The monoisotopic (exact) mass is 362 g/mol. The number of carbonyl (C=O) groups is 1. The van der Waals surface area contributed by atoms with E-state index in [1.807, 2.05) is 24.3 Å². The molecule has 0 aromatic heterocycles. The molecule has 0 fully saturated rings. The first kappa shape index (κ1) is 18.2. The highest BCUT2D eigenvalue weighted by atomic mass is 35.5. The van der Waals surface area contributed by atoms with Crippen molar-refractivity contribution in [1.82, 2.24) is 5.32 Å². The Hall–Kier alpha value is -2.11. The quantitative estimate of drug-likeness (QED) is 0.580. The lowest BCUT2D eigenvalue weighted by molar-refractivity contribution is 0.0977. The van der Waals surface area contributed by atoms with Gasteiger partial charge in [0.15, 0.2) is 5.11 Å². The van der Waals surface area contributed by atoms with Crippen molar-refractivity contribution in [2.75, 3.05) is 11.9 Å². The first-order valence-corrected chi connectivity index (χ1v) is 8.48. The number of para-hydroxylation sites is 2. The van der Waals surface area contributed by atoms with Gasteiger partial charge in [-0.15, -0.1) is 0 Å². The van der Waals surface area contributed by atoms with Crippen molar-refractivity contribution < 1.29 is 9.53 Å². The molecule has 0 aliphatic heterocycles. The number of rotatable bonds is 6. The first-order valence-electron chi connectivity index (χ1n) is 7.70. The summed E-state index contributed by atoms with van der Waals surface area (Å²) in [4.78, 5) is 12.2. The van der Waals surface area contributed by atoms with Crippen molar-refractivity contribution in [3.05, 3.63) is 59.1 Å². The van der Waals surface area contributed by atoms with Crippen LogP contribution in [0.15, 0.2) is 48.5 Å². The van der Waals surface area contributed by atoms with E-state index in [1.165, 1.54) is 0 Å². The summed E-state index contributed by atoms with van der Waals surface area (Å²) < 4.78 is 5.73. The number of halogens is 1. The normalized spacial score (nSPS) is 10.1. The Labute approximate surface area is 152 Å². The molecule has 0 atom stereocenters. The van der Waals surface area contributed by atoms with Crippen LogP contribution < -0.4 is 15.4 Å². The number of nitrogens with one attached hydrogen (secondary N) is 2. The molecule has 0 radical (unpaired) electrons. The Balaban J connectivity index is 1.98. The van der Waals surface area contributed by atoms with Gasteiger partial charge in [0, 0.05) is 10.6 Å². The lowest BCUT2D eigenvalue weighted by Gasteiger charge is -2.14. The van der Waals surface area contributed by atoms with Crippen LogP contribution in [0.3, 0.4) is 0 Å². The molecular weight excluding hydrogens is 344 g/mol. The molecule has 0 unspecified atom stereocenters. The fraction of sp³-hybridized carbons (Fsp3) is 0.222. The van der Waals surface area contributed by atoms with Crippen molar-refractivity contribution in [2.45, 2.75) is 19.8 Å². The molecule has 0 saturated carbocycles. The maximum atomic E-state index is 12.2. The van der Waals surface area contributed by atoms with Gasteiger partial charge in [-0.1, -0.05) is 43.1 Å². The number of benzene rings is 2. The fourth-order valence-corrected chi connectivity index (χ4v) is 2.37. The number of carbonyl (C=O) groups excluding carboxylic acids is 1. The molecule has 0 heterocycles. The number of ether oxygens (including phenoxy) is 1. The Morgan fingerprint density at radius 3 is 2.75 bits per heavy atom. The average molecular weight is 363 g/mol. The van der Waals surface area contributed by atoms with Crippen molar-refractivity contribution in [3.8, 4) is 5.75 Å². The van der Waals surface area contributed by atoms with Gasteiger partial charge < -0.3 is 10.1 Å². The summed E-state index contributed by atoms with van der Waals surface area (Å²) in [5.41, 5.74) is 1.16. The molecule has 24 heavy (non-hydrogen) atoms. The second-order valence-corrected chi connectivity index (χ2v) is 5.96. The van der Waals surface area contributed by atoms with E-state index >= 15 is 0 Å². The Kier molecular flexibility index (Phi) is 7.03. The second kappa shape index (κ2) is 9.25. The van der Waals surface area contributed by atoms with Crippen LogP contribution in [-0.4, -0.2) is 17.6 Å². The highest BCUT2D eigenvalue weighted by Crippen LogP contribution is 2.24. The molecule has 0 saturated heterocycles. The number of hydrogen-bond donors (Lipinski definition) is 2. The van der Waals surface area contributed by atoms with Crippen LogP contribution in [0.25, 0.3) is 0 Å². The molecule has 2 aromatic rings. The topological polar surface area (TPSA) is 50.4 Å². The SMILES string of the molecule is CCCCOc1ccccc1NC(=S)NC(=O)c1cccc(Cl)c1. The molecule has 0 aliphatic carbocycles. The summed E-state index contributed by atoms with van der Waals surface area (Å²) in [7, 11) is 0. The number of unbranched alkanes of at least 4 members (excludes halogenated alkanes) is 1. The van der Waals surface area contributed by atoms with E-state index in [2.05, 4.69) is 17.6 Å². The molecule has 2 aromatic carbocycles. The summed E-state index contributed by atoms with van der Waals surface area (Å²) in [6.45, 7) is 2.74. The fourth-order valence-electron chi connectivity index (χ4n) is 1.98. The van der Waals surface area contributed by atoms with Gasteiger partial charge in [-0.3, -0.25) is 10.1 Å². The first-order chi connectivity index (χ1) is 11.6. The molecule has 0 aliphatic rings. The number of amides is 1. The summed E-state index contributed by atoms with van der Waals surface area (Å²) >= 11 is 11.1. The van der Waals surface area contributed by atoms with Crippen LogP contribution >= 0.6 is 23.8 Å². The third kappa shape index (κ3) is 5.51. The highest BCUT2D eigenvalue weighted by Gasteiger charge is 2.10. The molecule has 0 bridgehead atoms. The predicted molar refractivity (Wildman–Crippen MR) is 102 cm³/mol. The van der Waals surface area contributed by atoms with E-state index in [4.69, 9.17) is 28.6 Å². The smallest absolute Gasteiger partial charge is 0.257 e. The van der Waals surface area contributed by atoms with Gasteiger partial charge in [0.1, 0.15) is 5.75 Å². The van der Waals surface area contributed by atoms with E-state index in [9.17, 15) is 4.79 Å². The van der Waals surface area contributed by atoms with Gasteiger partial charge in [-0.2, -0.15) is 0 Å². The van der Waals surface area contributed by atoms with Crippen LogP contribution in [0, 0.1) is 0 Å².